The summed E-state index contributed by atoms with van der Waals surface area (Å²) in [5, 5.41) is 3.57. The number of rotatable bonds is 14. The number of unbranched alkanes of at least 4 members (excludes halogenated alkanes) is 3. The summed E-state index contributed by atoms with van der Waals surface area (Å²) in [4.78, 5) is 0. The first kappa shape index (κ1) is 24.1. The highest BCUT2D eigenvalue weighted by Crippen LogP contribution is 2.25. The van der Waals surface area contributed by atoms with E-state index in [1.807, 2.05) is 0 Å². The van der Waals surface area contributed by atoms with Crippen molar-refractivity contribution in [2.45, 2.75) is 73.1 Å². The predicted octanol–water partition coefficient (Wildman–Crippen LogP) is 7.56. The van der Waals surface area contributed by atoms with Gasteiger partial charge in [0.25, 0.3) is 0 Å². The van der Waals surface area contributed by atoms with E-state index in [0.29, 0.717) is 0 Å². The van der Waals surface area contributed by atoms with Gasteiger partial charge >= 0.3 is 0 Å². The molecule has 0 fully saturated rings. The highest BCUT2D eigenvalue weighted by molar-refractivity contribution is 5.46. The second kappa shape index (κ2) is 12.5. The number of hydrogen-bond acceptors (Lipinski definition) is 3. The summed E-state index contributed by atoms with van der Waals surface area (Å²) in [7, 11) is 0. The maximum absolute atomic E-state index is 6.01. The lowest BCUT2D eigenvalue weighted by molar-refractivity contribution is 0.263. The Labute approximate surface area is 184 Å². The summed E-state index contributed by atoms with van der Waals surface area (Å²) >= 11 is 0. The lowest BCUT2D eigenvalue weighted by Gasteiger charge is -2.25. The van der Waals surface area contributed by atoms with E-state index in [1.54, 1.807) is 0 Å². The molecule has 0 saturated heterocycles. The monoisotopic (exact) mass is 411 g/mol. The molecule has 30 heavy (non-hydrogen) atoms. The maximum Gasteiger partial charge on any atom is 0.122 e. The first-order valence-corrected chi connectivity index (χ1v) is 11.6. The minimum absolute atomic E-state index is 0.208. The van der Waals surface area contributed by atoms with Crippen LogP contribution in [0.5, 0.6) is 11.5 Å². The van der Waals surface area contributed by atoms with E-state index in [9.17, 15) is 0 Å². The molecular weight excluding hydrogens is 370 g/mol. The first-order chi connectivity index (χ1) is 14.4. The third-order valence-electron chi connectivity index (χ3n) is 5.49. The van der Waals surface area contributed by atoms with E-state index >= 15 is 0 Å². The molecule has 0 unspecified atom stereocenters. The van der Waals surface area contributed by atoms with Gasteiger partial charge in [0, 0.05) is 12.2 Å². The van der Waals surface area contributed by atoms with E-state index < -0.39 is 0 Å². The van der Waals surface area contributed by atoms with Crippen LogP contribution in [0.1, 0.15) is 70.4 Å². The molecule has 166 valence electrons. The molecule has 3 heteroatoms. The Balaban J connectivity index is 1.66. The summed E-state index contributed by atoms with van der Waals surface area (Å²) in [6, 6.07) is 14.7. The highest BCUT2D eigenvalue weighted by atomic mass is 16.5. The average molecular weight is 412 g/mol. The Kier molecular flexibility index (Phi) is 10.1. The SMILES string of the molecule is CCCCCCOc1ccc(NCC(C)(C)CCCOc2cc(C)ccc2C)cc1. The quantitative estimate of drug-likeness (QED) is 0.325. The van der Waals surface area contributed by atoms with Crippen LogP contribution in [0, 0.1) is 19.3 Å². The van der Waals surface area contributed by atoms with E-state index in [4.69, 9.17) is 9.47 Å². The standard InChI is InChI=1S/C27H41NO2/c1-6-7-8-9-18-29-25-15-13-24(14-16-25)28-21-27(4,5)17-10-19-30-26-20-22(2)11-12-23(26)3/h11-16,20,28H,6-10,17-19,21H2,1-5H3. The minimum atomic E-state index is 0.208. The van der Waals surface area contributed by atoms with Crippen molar-refractivity contribution in [2.24, 2.45) is 5.41 Å². The second-order valence-corrected chi connectivity index (χ2v) is 9.17. The van der Waals surface area contributed by atoms with Gasteiger partial charge in [-0.05, 0) is 80.0 Å². The molecule has 3 nitrogen and oxygen atoms in total. The summed E-state index contributed by atoms with van der Waals surface area (Å²) < 4.78 is 11.8. The van der Waals surface area contributed by atoms with Crippen LogP contribution in [-0.4, -0.2) is 19.8 Å². The molecule has 0 saturated carbocycles. The maximum atomic E-state index is 6.01. The number of hydrogen-bond donors (Lipinski definition) is 1. The third kappa shape index (κ3) is 9.11. The van der Waals surface area contributed by atoms with Crippen molar-refractivity contribution in [3.8, 4) is 11.5 Å². The average Bonchev–Trinajstić information content (AvgIpc) is 2.73. The number of aryl methyl sites for hydroxylation is 2. The number of anilines is 1. The number of ether oxygens (including phenoxy) is 2. The van der Waals surface area contributed by atoms with Crippen LogP contribution in [0.4, 0.5) is 5.69 Å². The van der Waals surface area contributed by atoms with Crippen molar-refractivity contribution in [1.29, 1.82) is 0 Å². The third-order valence-corrected chi connectivity index (χ3v) is 5.49. The fourth-order valence-corrected chi connectivity index (χ4v) is 3.41. The van der Waals surface area contributed by atoms with Gasteiger partial charge in [-0.15, -0.1) is 0 Å². The Hall–Kier alpha value is -2.16. The van der Waals surface area contributed by atoms with E-state index in [0.717, 1.165) is 56.2 Å². The van der Waals surface area contributed by atoms with Crippen LogP contribution in [-0.2, 0) is 0 Å². The molecule has 1 N–H and O–H groups in total. The minimum Gasteiger partial charge on any atom is -0.494 e. The Bertz CT molecular complexity index is 737. The Morgan fingerprint density at radius 3 is 2.30 bits per heavy atom. The Morgan fingerprint density at radius 1 is 0.833 bits per heavy atom. The molecule has 2 rings (SSSR count). The van der Waals surface area contributed by atoms with Gasteiger partial charge in [-0.3, -0.25) is 0 Å². The second-order valence-electron chi connectivity index (χ2n) is 9.17. The van der Waals surface area contributed by atoms with Crippen molar-refractivity contribution >= 4 is 5.69 Å². The summed E-state index contributed by atoms with van der Waals surface area (Å²) in [5.41, 5.74) is 3.80. The van der Waals surface area contributed by atoms with Crippen LogP contribution < -0.4 is 14.8 Å². The fourth-order valence-electron chi connectivity index (χ4n) is 3.41. The molecule has 0 atom stereocenters. The normalized spacial score (nSPS) is 11.4. The van der Waals surface area contributed by atoms with Crippen LogP contribution in [0.2, 0.25) is 0 Å². The molecule has 0 heterocycles. The smallest absolute Gasteiger partial charge is 0.122 e. The van der Waals surface area contributed by atoms with Crippen molar-refractivity contribution in [2.75, 3.05) is 25.1 Å². The topological polar surface area (TPSA) is 30.5 Å². The fraction of sp³-hybridized carbons (Fsp3) is 0.556. The van der Waals surface area contributed by atoms with Gasteiger partial charge < -0.3 is 14.8 Å². The molecule has 0 amide bonds. The number of benzene rings is 2. The summed E-state index contributed by atoms with van der Waals surface area (Å²) in [6.45, 7) is 13.6. The highest BCUT2D eigenvalue weighted by Gasteiger charge is 2.17. The molecule has 0 spiro atoms. The molecule has 0 bridgehead atoms. The van der Waals surface area contributed by atoms with Crippen LogP contribution in [0.25, 0.3) is 0 Å². The van der Waals surface area contributed by atoms with Gasteiger partial charge in [-0.1, -0.05) is 52.2 Å². The number of nitrogens with one attached hydrogen (secondary N) is 1. The van der Waals surface area contributed by atoms with Crippen molar-refractivity contribution in [3.05, 3.63) is 53.6 Å². The van der Waals surface area contributed by atoms with E-state index in [1.165, 1.54) is 30.4 Å². The lowest BCUT2D eigenvalue weighted by atomic mass is 9.88. The summed E-state index contributed by atoms with van der Waals surface area (Å²) in [5.74, 6) is 1.97. The molecule has 2 aromatic rings. The largest absolute Gasteiger partial charge is 0.494 e. The van der Waals surface area contributed by atoms with E-state index in [2.05, 4.69) is 82.4 Å². The molecular formula is C27H41NO2. The van der Waals surface area contributed by atoms with Crippen LogP contribution in [0.3, 0.4) is 0 Å². The van der Waals surface area contributed by atoms with E-state index in [-0.39, 0.29) is 5.41 Å². The Morgan fingerprint density at radius 2 is 1.57 bits per heavy atom. The summed E-state index contributed by atoms with van der Waals surface area (Å²) in [6.07, 6.45) is 7.10. The van der Waals surface area contributed by atoms with Gasteiger partial charge in [0.05, 0.1) is 13.2 Å². The molecule has 0 aliphatic carbocycles. The molecule has 0 aromatic heterocycles. The molecule has 2 aromatic carbocycles. The van der Waals surface area contributed by atoms with Crippen molar-refractivity contribution < 1.29 is 9.47 Å². The van der Waals surface area contributed by atoms with Gasteiger partial charge in [0.2, 0.25) is 0 Å². The molecule has 0 aliphatic heterocycles. The van der Waals surface area contributed by atoms with Gasteiger partial charge in [-0.25, -0.2) is 0 Å². The predicted molar refractivity (Wildman–Crippen MR) is 129 cm³/mol. The zero-order valence-corrected chi connectivity index (χ0v) is 19.7. The van der Waals surface area contributed by atoms with Gasteiger partial charge in [-0.2, -0.15) is 0 Å². The van der Waals surface area contributed by atoms with Crippen LogP contribution >= 0.6 is 0 Å². The van der Waals surface area contributed by atoms with Gasteiger partial charge in [0.15, 0.2) is 0 Å². The molecule has 0 aliphatic rings. The van der Waals surface area contributed by atoms with Crippen molar-refractivity contribution in [3.63, 3.8) is 0 Å². The van der Waals surface area contributed by atoms with Gasteiger partial charge in [0.1, 0.15) is 11.5 Å². The zero-order chi connectivity index (χ0) is 21.8. The van der Waals surface area contributed by atoms with Crippen molar-refractivity contribution in [1.82, 2.24) is 0 Å². The molecule has 0 radical (unpaired) electrons. The lowest BCUT2D eigenvalue weighted by Crippen LogP contribution is -2.23. The zero-order valence-electron chi connectivity index (χ0n) is 19.7. The van der Waals surface area contributed by atoms with Crippen LogP contribution in [0.15, 0.2) is 42.5 Å². The first-order valence-electron chi connectivity index (χ1n) is 11.6.